The van der Waals surface area contributed by atoms with Gasteiger partial charge in [0.15, 0.2) is 0 Å². The maximum Gasteiger partial charge on any atom is 0.308 e. The quantitative estimate of drug-likeness (QED) is 0.588. The van der Waals surface area contributed by atoms with Crippen molar-refractivity contribution in [3.8, 4) is 5.75 Å². The van der Waals surface area contributed by atoms with Gasteiger partial charge in [-0.3, -0.25) is 9.59 Å². The van der Waals surface area contributed by atoms with E-state index in [1.54, 1.807) is 0 Å². The van der Waals surface area contributed by atoms with Gasteiger partial charge in [-0.1, -0.05) is 18.2 Å². The molecule has 0 spiro atoms. The summed E-state index contributed by atoms with van der Waals surface area (Å²) in [5.41, 5.74) is 1.09. The number of carbonyl (C=O) groups excluding carboxylic acids is 2. The summed E-state index contributed by atoms with van der Waals surface area (Å²) >= 11 is 0. The molecule has 0 unspecified atom stereocenters. The number of amides is 1. The molecule has 4 nitrogen and oxygen atoms in total. The minimum absolute atomic E-state index is 0.185. The van der Waals surface area contributed by atoms with E-state index in [0.717, 1.165) is 50.8 Å². The third-order valence-corrected chi connectivity index (χ3v) is 5.01. The van der Waals surface area contributed by atoms with Crippen molar-refractivity contribution in [3.05, 3.63) is 29.8 Å². The van der Waals surface area contributed by atoms with Crippen LogP contribution in [0.3, 0.4) is 0 Å². The van der Waals surface area contributed by atoms with E-state index >= 15 is 0 Å². The molecule has 0 atom stereocenters. The van der Waals surface area contributed by atoms with E-state index in [1.165, 1.54) is 6.92 Å². The molecule has 1 fully saturated rings. The van der Waals surface area contributed by atoms with Gasteiger partial charge in [0.05, 0.1) is 0 Å². The second kappa shape index (κ2) is 8.86. The van der Waals surface area contributed by atoms with Crippen molar-refractivity contribution in [1.29, 1.82) is 0 Å². The first-order valence-electron chi connectivity index (χ1n) is 9.10. The summed E-state index contributed by atoms with van der Waals surface area (Å²) in [6, 6.07) is 7.76. The first-order valence-corrected chi connectivity index (χ1v) is 9.10. The molecule has 2 rings (SSSR count). The van der Waals surface area contributed by atoms with Crippen LogP contribution in [0.4, 0.5) is 0 Å². The molecule has 0 bridgehead atoms. The lowest BCUT2D eigenvalue weighted by Gasteiger charge is -2.31. The molecule has 1 aliphatic carbocycles. The lowest BCUT2D eigenvalue weighted by Crippen LogP contribution is -2.37. The van der Waals surface area contributed by atoms with Gasteiger partial charge < -0.3 is 9.64 Å². The van der Waals surface area contributed by atoms with Gasteiger partial charge in [0.2, 0.25) is 5.91 Å². The highest BCUT2D eigenvalue weighted by molar-refractivity contribution is 5.78. The molecule has 1 saturated carbocycles. The largest absolute Gasteiger partial charge is 0.426 e. The number of esters is 1. The predicted octanol–water partition coefficient (Wildman–Crippen LogP) is 3.83. The lowest BCUT2D eigenvalue weighted by atomic mass is 9.78. The Morgan fingerprint density at radius 3 is 2.29 bits per heavy atom. The van der Waals surface area contributed by atoms with Crippen molar-refractivity contribution < 1.29 is 14.3 Å². The summed E-state index contributed by atoms with van der Waals surface area (Å²) in [6.07, 6.45) is 4.97. The highest BCUT2D eigenvalue weighted by Gasteiger charge is 2.28. The highest BCUT2D eigenvalue weighted by Crippen LogP contribution is 2.34. The number of rotatable bonds is 6. The summed E-state index contributed by atoms with van der Waals surface area (Å²) in [4.78, 5) is 25.6. The SMILES string of the molecule is CCN(CC)C(=O)[C@H]1CC[C@H](Cc2ccccc2OC(C)=O)CC1. The standard InChI is InChI=1S/C20H29NO3/c1-4-21(5-2)20(23)17-12-10-16(11-13-17)14-18-8-6-7-9-19(18)24-15(3)22/h6-9,16-17H,4-5,10-14H2,1-3H3/t16-,17-. The van der Waals surface area contributed by atoms with E-state index in [4.69, 9.17) is 4.74 Å². The van der Waals surface area contributed by atoms with Crippen LogP contribution in [0.5, 0.6) is 5.75 Å². The number of hydrogen-bond donors (Lipinski definition) is 0. The zero-order valence-corrected chi connectivity index (χ0v) is 15.1. The van der Waals surface area contributed by atoms with E-state index in [1.807, 2.05) is 43.0 Å². The molecule has 132 valence electrons. The van der Waals surface area contributed by atoms with Gasteiger partial charge in [0, 0.05) is 25.9 Å². The molecular formula is C20H29NO3. The Morgan fingerprint density at radius 2 is 1.71 bits per heavy atom. The number of para-hydroxylation sites is 1. The van der Waals surface area contributed by atoms with Crippen molar-refractivity contribution in [1.82, 2.24) is 4.90 Å². The monoisotopic (exact) mass is 331 g/mol. The Balaban J connectivity index is 1.92. The molecule has 1 amide bonds. The van der Waals surface area contributed by atoms with Gasteiger partial charge in [-0.25, -0.2) is 0 Å². The summed E-state index contributed by atoms with van der Waals surface area (Å²) in [6.45, 7) is 7.11. The number of benzene rings is 1. The van der Waals surface area contributed by atoms with Gasteiger partial charge >= 0.3 is 5.97 Å². The van der Waals surface area contributed by atoms with Crippen LogP contribution < -0.4 is 4.74 Å². The van der Waals surface area contributed by atoms with E-state index in [0.29, 0.717) is 17.6 Å². The second-order valence-corrected chi connectivity index (χ2v) is 6.63. The fourth-order valence-electron chi connectivity index (χ4n) is 3.64. The molecule has 0 N–H and O–H groups in total. The van der Waals surface area contributed by atoms with Gasteiger partial charge in [-0.15, -0.1) is 0 Å². The Bertz CT molecular complexity index is 558. The molecule has 0 radical (unpaired) electrons. The van der Waals surface area contributed by atoms with E-state index in [9.17, 15) is 9.59 Å². The first-order chi connectivity index (χ1) is 11.5. The average Bonchev–Trinajstić information content (AvgIpc) is 2.58. The van der Waals surface area contributed by atoms with Crippen LogP contribution in [-0.2, 0) is 16.0 Å². The maximum absolute atomic E-state index is 12.5. The summed E-state index contributed by atoms with van der Waals surface area (Å²) in [5, 5.41) is 0. The van der Waals surface area contributed by atoms with Crippen molar-refractivity contribution in [2.45, 2.75) is 52.9 Å². The van der Waals surface area contributed by atoms with E-state index < -0.39 is 0 Å². The van der Waals surface area contributed by atoms with Gasteiger partial charge in [-0.05, 0) is 63.5 Å². The van der Waals surface area contributed by atoms with Crippen molar-refractivity contribution >= 4 is 11.9 Å². The van der Waals surface area contributed by atoms with Crippen LogP contribution >= 0.6 is 0 Å². The molecule has 0 aromatic heterocycles. The van der Waals surface area contributed by atoms with Crippen LogP contribution in [0, 0.1) is 11.8 Å². The minimum atomic E-state index is -0.282. The molecule has 1 aromatic carbocycles. The second-order valence-electron chi connectivity index (χ2n) is 6.63. The minimum Gasteiger partial charge on any atom is -0.426 e. The fraction of sp³-hybridized carbons (Fsp3) is 0.600. The third kappa shape index (κ3) is 4.83. The summed E-state index contributed by atoms with van der Waals surface area (Å²) in [7, 11) is 0. The summed E-state index contributed by atoms with van der Waals surface area (Å²) in [5.74, 6) is 1.45. The number of hydrogen-bond acceptors (Lipinski definition) is 3. The first kappa shape index (κ1) is 18.5. The topological polar surface area (TPSA) is 46.6 Å². The number of carbonyl (C=O) groups is 2. The van der Waals surface area contributed by atoms with Gasteiger partial charge in [0.1, 0.15) is 5.75 Å². The molecule has 1 aliphatic rings. The molecule has 0 heterocycles. The zero-order chi connectivity index (χ0) is 17.5. The molecule has 1 aromatic rings. The van der Waals surface area contributed by atoms with E-state index in [2.05, 4.69) is 0 Å². The van der Waals surface area contributed by atoms with Crippen molar-refractivity contribution in [3.63, 3.8) is 0 Å². The molecular weight excluding hydrogens is 302 g/mol. The molecule has 0 aliphatic heterocycles. The number of ether oxygens (including phenoxy) is 1. The molecule has 4 heteroatoms. The Labute approximate surface area is 145 Å². The Kier molecular flexibility index (Phi) is 6.83. The third-order valence-electron chi connectivity index (χ3n) is 5.01. The Hall–Kier alpha value is -1.84. The Morgan fingerprint density at radius 1 is 1.08 bits per heavy atom. The average molecular weight is 331 g/mol. The zero-order valence-electron chi connectivity index (χ0n) is 15.1. The van der Waals surface area contributed by atoms with Crippen molar-refractivity contribution in [2.24, 2.45) is 11.8 Å². The number of nitrogens with zero attached hydrogens (tertiary/aromatic N) is 1. The molecule has 24 heavy (non-hydrogen) atoms. The normalized spacial score (nSPS) is 20.5. The van der Waals surface area contributed by atoms with E-state index in [-0.39, 0.29) is 11.9 Å². The fourth-order valence-corrected chi connectivity index (χ4v) is 3.64. The van der Waals surface area contributed by atoms with Crippen LogP contribution in [-0.4, -0.2) is 29.9 Å². The van der Waals surface area contributed by atoms with Gasteiger partial charge in [0.25, 0.3) is 0 Å². The maximum atomic E-state index is 12.5. The van der Waals surface area contributed by atoms with Crippen LogP contribution in [0.1, 0.15) is 52.0 Å². The molecule has 0 saturated heterocycles. The van der Waals surface area contributed by atoms with Gasteiger partial charge in [-0.2, -0.15) is 0 Å². The summed E-state index contributed by atoms with van der Waals surface area (Å²) < 4.78 is 5.31. The predicted molar refractivity (Wildman–Crippen MR) is 94.8 cm³/mol. The van der Waals surface area contributed by atoms with Crippen LogP contribution in [0.15, 0.2) is 24.3 Å². The lowest BCUT2D eigenvalue weighted by molar-refractivity contribution is -0.136. The van der Waals surface area contributed by atoms with Crippen LogP contribution in [0.2, 0.25) is 0 Å². The smallest absolute Gasteiger partial charge is 0.308 e. The highest BCUT2D eigenvalue weighted by atomic mass is 16.5. The van der Waals surface area contributed by atoms with Crippen molar-refractivity contribution in [2.75, 3.05) is 13.1 Å². The van der Waals surface area contributed by atoms with Crippen LogP contribution in [0.25, 0.3) is 0 Å².